The Hall–Kier alpha value is -3.86. The molecule has 194 valence electrons. The minimum atomic E-state index is -4.71. The van der Waals surface area contributed by atoms with Gasteiger partial charge in [0.25, 0.3) is 0 Å². The van der Waals surface area contributed by atoms with E-state index in [2.05, 4.69) is 27.4 Å². The number of halogens is 3. The van der Waals surface area contributed by atoms with Crippen molar-refractivity contribution in [2.24, 2.45) is 5.92 Å². The van der Waals surface area contributed by atoms with Gasteiger partial charge < -0.3 is 15.1 Å². The molecule has 2 aliphatic rings. The fourth-order valence-corrected chi connectivity index (χ4v) is 4.71. The molecule has 11 heteroatoms. The number of aromatic nitrogens is 2. The second-order valence-electron chi connectivity index (χ2n) is 9.38. The Kier molecular flexibility index (Phi) is 8.12. The van der Waals surface area contributed by atoms with Crippen molar-refractivity contribution >= 4 is 17.5 Å². The highest BCUT2D eigenvalue weighted by Gasteiger charge is 2.40. The largest absolute Gasteiger partial charge is 0.451 e. The zero-order chi connectivity index (χ0) is 26.4. The molecule has 1 atom stereocenters. The quantitative estimate of drug-likeness (QED) is 0.574. The van der Waals surface area contributed by atoms with Crippen molar-refractivity contribution in [1.82, 2.24) is 15.3 Å². The van der Waals surface area contributed by atoms with E-state index in [1.54, 1.807) is 23.1 Å². The van der Waals surface area contributed by atoms with E-state index in [4.69, 9.17) is 10.5 Å². The van der Waals surface area contributed by atoms with Crippen LogP contribution in [0.15, 0.2) is 30.3 Å². The molecular weight excluding hydrogens is 483 g/mol. The zero-order valence-corrected chi connectivity index (χ0v) is 20.3. The first kappa shape index (κ1) is 26.2. The zero-order valence-electron chi connectivity index (χ0n) is 20.3. The molecule has 2 saturated heterocycles. The highest BCUT2D eigenvalue weighted by atomic mass is 19.4. The molecule has 2 aliphatic heterocycles. The van der Waals surface area contributed by atoms with Gasteiger partial charge in [0.1, 0.15) is 17.7 Å². The van der Waals surface area contributed by atoms with Crippen molar-refractivity contribution in [2.45, 2.75) is 50.7 Å². The summed E-state index contributed by atoms with van der Waals surface area (Å²) in [6.45, 7) is 1.92. The molecule has 1 aromatic carbocycles. The molecule has 0 saturated carbocycles. The van der Waals surface area contributed by atoms with Crippen LogP contribution in [-0.4, -0.2) is 48.1 Å². The highest BCUT2D eigenvalue weighted by molar-refractivity contribution is 5.86. The lowest BCUT2D eigenvalue weighted by atomic mass is 9.92. The van der Waals surface area contributed by atoms with Gasteiger partial charge in [0, 0.05) is 38.7 Å². The van der Waals surface area contributed by atoms with Crippen molar-refractivity contribution in [3.8, 4) is 12.1 Å². The van der Waals surface area contributed by atoms with Gasteiger partial charge in [-0.15, -0.1) is 0 Å². The number of carbonyl (C=O) groups is 1. The van der Waals surface area contributed by atoms with E-state index in [0.717, 1.165) is 24.8 Å². The van der Waals surface area contributed by atoms with Gasteiger partial charge in [-0.25, -0.2) is 9.97 Å². The molecule has 3 heterocycles. The van der Waals surface area contributed by atoms with Crippen molar-refractivity contribution in [1.29, 1.82) is 10.5 Å². The third-order valence-corrected chi connectivity index (χ3v) is 6.97. The maximum Gasteiger partial charge on any atom is 0.451 e. The molecule has 4 rings (SSSR count). The Morgan fingerprint density at radius 1 is 1.05 bits per heavy atom. The lowest BCUT2D eigenvalue weighted by Crippen LogP contribution is -2.57. The molecule has 0 spiro atoms. The van der Waals surface area contributed by atoms with Gasteiger partial charge in [0.05, 0.1) is 17.7 Å². The number of nitrogens with zero attached hydrogens (tertiary/aromatic N) is 6. The van der Waals surface area contributed by atoms with Crippen LogP contribution in [0.5, 0.6) is 0 Å². The van der Waals surface area contributed by atoms with E-state index in [1.165, 1.54) is 0 Å². The molecule has 0 unspecified atom stereocenters. The van der Waals surface area contributed by atoms with E-state index in [1.807, 2.05) is 17.0 Å². The summed E-state index contributed by atoms with van der Waals surface area (Å²) in [5.74, 6) is -0.775. The van der Waals surface area contributed by atoms with Crippen LogP contribution in [0.1, 0.15) is 49.1 Å². The van der Waals surface area contributed by atoms with Crippen LogP contribution in [0, 0.1) is 28.6 Å². The first-order valence-corrected chi connectivity index (χ1v) is 12.4. The number of amides is 1. The molecule has 0 radical (unpaired) electrons. The average molecular weight is 512 g/mol. The van der Waals surface area contributed by atoms with Crippen LogP contribution in [0.2, 0.25) is 0 Å². The summed E-state index contributed by atoms with van der Waals surface area (Å²) in [5.41, 5.74) is 1.53. The van der Waals surface area contributed by atoms with Crippen molar-refractivity contribution in [2.75, 3.05) is 36.0 Å². The number of piperidine rings is 1. The minimum absolute atomic E-state index is 0.0995. The summed E-state index contributed by atoms with van der Waals surface area (Å²) in [4.78, 5) is 23.8. The maximum absolute atomic E-state index is 13.6. The highest BCUT2D eigenvalue weighted by Crippen LogP contribution is 2.34. The number of anilines is 2. The minimum Gasteiger partial charge on any atom is -0.356 e. The third-order valence-electron chi connectivity index (χ3n) is 6.97. The fourth-order valence-electron chi connectivity index (χ4n) is 4.71. The predicted octanol–water partition coefficient (Wildman–Crippen LogP) is 3.82. The van der Waals surface area contributed by atoms with Crippen LogP contribution in [0.25, 0.3) is 0 Å². The number of hydrogen-bond donors (Lipinski definition) is 1. The summed E-state index contributed by atoms with van der Waals surface area (Å²) in [5, 5.41) is 20.5. The van der Waals surface area contributed by atoms with E-state index in [-0.39, 0.29) is 17.5 Å². The molecular formula is C26H28F3N7O. The monoisotopic (exact) mass is 511 g/mol. The molecule has 2 fully saturated rings. The molecule has 0 bridgehead atoms. The van der Waals surface area contributed by atoms with Gasteiger partial charge in [-0.2, -0.15) is 23.7 Å². The molecule has 1 amide bonds. The molecule has 8 nitrogen and oxygen atoms in total. The smallest absolute Gasteiger partial charge is 0.356 e. The molecule has 37 heavy (non-hydrogen) atoms. The Morgan fingerprint density at radius 3 is 2.35 bits per heavy atom. The van der Waals surface area contributed by atoms with Crippen LogP contribution in [-0.2, 0) is 17.4 Å². The normalized spacial score (nSPS) is 18.0. The lowest BCUT2D eigenvalue weighted by Gasteiger charge is -2.41. The molecule has 1 N–H and O–H groups in total. The Labute approximate surface area is 213 Å². The topological polar surface area (TPSA) is 109 Å². The number of hydrogen-bond acceptors (Lipinski definition) is 7. The Balaban J connectivity index is 1.41. The summed E-state index contributed by atoms with van der Waals surface area (Å²) in [7, 11) is 0. The maximum atomic E-state index is 13.6. The van der Waals surface area contributed by atoms with E-state index in [9.17, 15) is 18.0 Å². The van der Waals surface area contributed by atoms with Gasteiger partial charge >= 0.3 is 6.18 Å². The van der Waals surface area contributed by atoms with E-state index >= 15 is 0 Å². The van der Waals surface area contributed by atoms with Gasteiger partial charge in [0.15, 0.2) is 0 Å². The van der Waals surface area contributed by atoms with Crippen LogP contribution < -0.4 is 15.1 Å². The second kappa shape index (κ2) is 11.5. The standard InChI is InChI=1S/C26H28F3N7O/c27-26(28,29)25-33-22(35-13-8-18(9-14-35)2-1-11-30)16-23(34-25)36-15-10-21(36)24(37)32-12-7-19-3-5-20(17-31)6-4-19/h3-6,16,18,21H,1-2,7-10,12-15H2,(H,32,37)/t21-/m0/s1. The van der Waals surface area contributed by atoms with Gasteiger partial charge in [0.2, 0.25) is 11.7 Å². The number of carbonyl (C=O) groups excluding carboxylic acids is 1. The Bertz CT molecular complexity index is 1180. The number of rotatable bonds is 8. The van der Waals surface area contributed by atoms with Gasteiger partial charge in [-0.3, -0.25) is 4.79 Å². The number of nitriles is 2. The molecule has 0 aliphatic carbocycles. The summed E-state index contributed by atoms with van der Waals surface area (Å²) in [6.07, 6.45) is -0.764. The first-order chi connectivity index (χ1) is 17.8. The van der Waals surface area contributed by atoms with Gasteiger partial charge in [-0.05, 0) is 55.7 Å². The summed E-state index contributed by atoms with van der Waals surface area (Å²) in [6, 6.07) is 12.2. The number of alkyl halides is 3. The first-order valence-electron chi connectivity index (χ1n) is 12.4. The Morgan fingerprint density at radius 2 is 1.76 bits per heavy atom. The number of nitrogens with one attached hydrogen (secondary N) is 1. The van der Waals surface area contributed by atoms with Crippen molar-refractivity contribution in [3.63, 3.8) is 0 Å². The van der Waals surface area contributed by atoms with Crippen molar-refractivity contribution < 1.29 is 18.0 Å². The predicted molar refractivity (Wildman–Crippen MR) is 130 cm³/mol. The van der Waals surface area contributed by atoms with Crippen molar-refractivity contribution in [3.05, 3.63) is 47.3 Å². The van der Waals surface area contributed by atoms with Crippen LogP contribution >= 0.6 is 0 Å². The summed E-state index contributed by atoms with van der Waals surface area (Å²) >= 11 is 0. The third kappa shape index (κ3) is 6.48. The molecule has 2 aromatic rings. The molecule has 1 aromatic heterocycles. The van der Waals surface area contributed by atoms with Crippen LogP contribution in [0.3, 0.4) is 0 Å². The lowest BCUT2D eigenvalue weighted by molar-refractivity contribution is -0.144. The van der Waals surface area contributed by atoms with E-state index in [0.29, 0.717) is 56.9 Å². The SMILES string of the molecule is N#CCCC1CCN(c2cc(N3CC[C@H]3C(=O)NCCc3ccc(C#N)cc3)nc(C(F)(F)F)n2)CC1. The average Bonchev–Trinajstić information content (AvgIpc) is 2.87. The fraction of sp³-hybridized carbons (Fsp3) is 0.500. The second-order valence-corrected chi connectivity index (χ2v) is 9.38. The van der Waals surface area contributed by atoms with Crippen LogP contribution in [0.4, 0.5) is 24.8 Å². The van der Waals surface area contributed by atoms with Gasteiger partial charge in [-0.1, -0.05) is 12.1 Å². The van der Waals surface area contributed by atoms with E-state index < -0.39 is 18.0 Å². The summed E-state index contributed by atoms with van der Waals surface area (Å²) < 4.78 is 40.9. The number of benzene rings is 1.